The summed E-state index contributed by atoms with van der Waals surface area (Å²) in [4.78, 5) is 6.47. The summed E-state index contributed by atoms with van der Waals surface area (Å²) >= 11 is 0. The van der Waals surface area contributed by atoms with Crippen LogP contribution in [0.1, 0.15) is 18.2 Å². The maximum Gasteiger partial charge on any atom is 0.0951 e. The minimum Gasteiger partial charge on any atom is -0.329 e. The first kappa shape index (κ1) is 8.72. The van der Waals surface area contributed by atoms with Crippen LogP contribution in [0, 0.1) is 0 Å². The van der Waals surface area contributed by atoms with Crippen LogP contribution in [0.4, 0.5) is 0 Å². The van der Waals surface area contributed by atoms with Gasteiger partial charge in [0.25, 0.3) is 0 Å². The number of nitrogens with zero attached hydrogens (tertiary/aromatic N) is 3. The van der Waals surface area contributed by atoms with Crippen molar-refractivity contribution in [3.05, 3.63) is 18.2 Å². The van der Waals surface area contributed by atoms with Gasteiger partial charge in [-0.15, -0.1) is 0 Å². The second kappa shape index (κ2) is 3.47. The highest BCUT2D eigenvalue weighted by Gasteiger charge is 2.21. The topological polar surface area (TPSA) is 47.1 Å². The summed E-state index contributed by atoms with van der Waals surface area (Å²) in [6.07, 6.45) is 4.96. The predicted molar refractivity (Wildman–Crippen MR) is 51.3 cm³/mol. The second-order valence-electron chi connectivity index (χ2n) is 3.70. The number of hydrogen-bond donors (Lipinski definition) is 1. The number of likely N-dealkylation sites (N-methyl/N-ethyl adjacent to an activating group) is 1. The maximum absolute atomic E-state index is 5.62. The van der Waals surface area contributed by atoms with Gasteiger partial charge in [-0.25, -0.2) is 4.98 Å². The molecule has 1 atom stereocenters. The van der Waals surface area contributed by atoms with E-state index in [4.69, 9.17) is 5.73 Å². The molecule has 13 heavy (non-hydrogen) atoms. The van der Waals surface area contributed by atoms with E-state index in [1.807, 2.05) is 12.5 Å². The lowest BCUT2D eigenvalue weighted by Gasteiger charge is -2.14. The third-order valence-electron chi connectivity index (χ3n) is 2.72. The molecule has 0 saturated carbocycles. The van der Waals surface area contributed by atoms with Gasteiger partial charge in [0.1, 0.15) is 0 Å². The molecular formula is C9H16N4. The molecule has 1 aromatic heterocycles. The van der Waals surface area contributed by atoms with Crippen LogP contribution in [0.25, 0.3) is 0 Å². The van der Waals surface area contributed by atoms with Crippen molar-refractivity contribution < 1.29 is 0 Å². The fraction of sp³-hybridized carbons (Fsp3) is 0.667. The van der Waals surface area contributed by atoms with Gasteiger partial charge in [0.05, 0.1) is 12.0 Å². The largest absolute Gasteiger partial charge is 0.329 e. The monoisotopic (exact) mass is 180 g/mol. The standard InChI is InChI=1S/C9H16N4/c1-12-3-2-8(6-12)13-7-11-5-9(13)4-10/h5,7-8H,2-4,6,10H2,1H3. The van der Waals surface area contributed by atoms with Gasteiger partial charge in [-0.1, -0.05) is 0 Å². The van der Waals surface area contributed by atoms with E-state index in [9.17, 15) is 0 Å². The molecule has 1 aliphatic heterocycles. The Labute approximate surface area is 78.4 Å². The number of hydrogen-bond acceptors (Lipinski definition) is 3. The fourth-order valence-corrected chi connectivity index (χ4v) is 1.96. The Morgan fingerprint density at radius 3 is 3.15 bits per heavy atom. The molecule has 0 aromatic carbocycles. The third-order valence-corrected chi connectivity index (χ3v) is 2.72. The van der Waals surface area contributed by atoms with Crippen LogP contribution in [-0.4, -0.2) is 34.6 Å². The van der Waals surface area contributed by atoms with E-state index in [0.717, 1.165) is 12.2 Å². The van der Waals surface area contributed by atoms with E-state index in [1.165, 1.54) is 13.0 Å². The van der Waals surface area contributed by atoms with Gasteiger partial charge >= 0.3 is 0 Å². The average Bonchev–Trinajstić information content (AvgIpc) is 2.71. The lowest BCUT2D eigenvalue weighted by molar-refractivity contribution is 0.390. The van der Waals surface area contributed by atoms with Crippen LogP contribution in [-0.2, 0) is 6.54 Å². The van der Waals surface area contributed by atoms with Crippen molar-refractivity contribution in [3.8, 4) is 0 Å². The van der Waals surface area contributed by atoms with Gasteiger partial charge in [0, 0.05) is 25.3 Å². The van der Waals surface area contributed by atoms with Gasteiger partial charge in [-0.3, -0.25) is 0 Å². The lowest BCUT2D eigenvalue weighted by atomic mass is 10.2. The van der Waals surface area contributed by atoms with E-state index in [1.54, 1.807) is 0 Å². The summed E-state index contributed by atoms with van der Waals surface area (Å²) in [7, 11) is 2.15. The van der Waals surface area contributed by atoms with E-state index < -0.39 is 0 Å². The molecule has 4 heteroatoms. The van der Waals surface area contributed by atoms with Gasteiger partial charge in [-0.2, -0.15) is 0 Å². The van der Waals surface area contributed by atoms with Gasteiger partial charge in [0.2, 0.25) is 0 Å². The Morgan fingerprint density at radius 1 is 1.69 bits per heavy atom. The van der Waals surface area contributed by atoms with Crippen molar-refractivity contribution in [2.45, 2.75) is 19.0 Å². The fourth-order valence-electron chi connectivity index (χ4n) is 1.96. The SMILES string of the molecule is CN1CCC(n2cncc2CN)C1. The molecule has 0 amide bonds. The zero-order valence-corrected chi connectivity index (χ0v) is 7.98. The molecule has 2 heterocycles. The van der Waals surface area contributed by atoms with Crippen molar-refractivity contribution in [3.63, 3.8) is 0 Å². The molecule has 4 nitrogen and oxygen atoms in total. The molecule has 1 aromatic rings. The highest BCUT2D eigenvalue weighted by molar-refractivity contribution is 5.01. The molecule has 72 valence electrons. The summed E-state index contributed by atoms with van der Waals surface area (Å²) in [5.41, 5.74) is 6.76. The number of likely N-dealkylation sites (tertiary alicyclic amines) is 1. The zero-order valence-electron chi connectivity index (χ0n) is 7.98. The third kappa shape index (κ3) is 1.59. The van der Waals surface area contributed by atoms with Crippen molar-refractivity contribution in [1.82, 2.24) is 14.5 Å². The molecule has 2 rings (SSSR count). The first-order valence-electron chi connectivity index (χ1n) is 4.70. The van der Waals surface area contributed by atoms with Crippen LogP contribution < -0.4 is 5.73 Å². The minimum atomic E-state index is 0.575. The summed E-state index contributed by atoms with van der Waals surface area (Å²) in [5.74, 6) is 0. The Kier molecular flexibility index (Phi) is 2.33. The highest BCUT2D eigenvalue weighted by Crippen LogP contribution is 2.21. The molecule has 1 fully saturated rings. The van der Waals surface area contributed by atoms with Gasteiger partial charge < -0.3 is 15.2 Å². The van der Waals surface area contributed by atoms with Crippen molar-refractivity contribution >= 4 is 0 Å². The molecule has 0 aliphatic carbocycles. The first-order valence-corrected chi connectivity index (χ1v) is 4.70. The summed E-state index contributed by atoms with van der Waals surface area (Å²) in [5, 5.41) is 0. The number of aromatic nitrogens is 2. The Hall–Kier alpha value is -0.870. The van der Waals surface area contributed by atoms with Crippen LogP contribution in [0.15, 0.2) is 12.5 Å². The van der Waals surface area contributed by atoms with Gasteiger partial charge in [0.15, 0.2) is 0 Å². The Balaban J connectivity index is 2.16. The minimum absolute atomic E-state index is 0.575. The molecule has 0 radical (unpaired) electrons. The van der Waals surface area contributed by atoms with Gasteiger partial charge in [-0.05, 0) is 20.0 Å². The Morgan fingerprint density at radius 2 is 2.54 bits per heavy atom. The summed E-state index contributed by atoms with van der Waals surface area (Å²) in [6.45, 7) is 2.87. The normalized spacial score (nSPS) is 24.0. The number of nitrogens with two attached hydrogens (primary N) is 1. The molecule has 1 unspecified atom stereocenters. The average molecular weight is 180 g/mol. The number of rotatable bonds is 2. The molecule has 1 aliphatic rings. The van der Waals surface area contributed by atoms with Crippen LogP contribution in [0.2, 0.25) is 0 Å². The predicted octanol–water partition coefficient (Wildman–Crippen LogP) is 0.218. The highest BCUT2D eigenvalue weighted by atomic mass is 15.2. The lowest BCUT2D eigenvalue weighted by Crippen LogP contribution is -2.18. The molecule has 1 saturated heterocycles. The molecular weight excluding hydrogens is 164 g/mol. The zero-order chi connectivity index (χ0) is 9.26. The second-order valence-corrected chi connectivity index (χ2v) is 3.70. The summed E-state index contributed by atoms with van der Waals surface area (Å²) < 4.78 is 2.21. The van der Waals surface area contributed by atoms with E-state index in [2.05, 4.69) is 21.5 Å². The smallest absolute Gasteiger partial charge is 0.0951 e. The molecule has 2 N–H and O–H groups in total. The van der Waals surface area contributed by atoms with E-state index in [0.29, 0.717) is 12.6 Å². The summed E-state index contributed by atoms with van der Waals surface area (Å²) in [6, 6.07) is 0.575. The van der Waals surface area contributed by atoms with Crippen molar-refractivity contribution in [2.24, 2.45) is 5.73 Å². The van der Waals surface area contributed by atoms with E-state index >= 15 is 0 Å². The molecule has 0 bridgehead atoms. The van der Waals surface area contributed by atoms with Crippen LogP contribution in [0.5, 0.6) is 0 Å². The van der Waals surface area contributed by atoms with E-state index in [-0.39, 0.29) is 0 Å². The Bertz CT molecular complexity index is 281. The first-order chi connectivity index (χ1) is 6.31. The number of imidazole rings is 1. The quantitative estimate of drug-likeness (QED) is 0.708. The van der Waals surface area contributed by atoms with Crippen LogP contribution >= 0.6 is 0 Å². The van der Waals surface area contributed by atoms with Crippen molar-refractivity contribution in [2.75, 3.05) is 20.1 Å². The van der Waals surface area contributed by atoms with Crippen molar-refractivity contribution in [1.29, 1.82) is 0 Å². The molecule has 0 spiro atoms. The maximum atomic E-state index is 5.62. The van der Waals surface area contributed by atoms with Crippen LogP contribution in [0.3, 0.4) is 0 Å².